The average Bonchev–Trinajstić information content (AvgIpc) is 2.25. The van der Waals surface area contributed by atoms with Gasteiger partial charge in [0.05, 0.1) is 6.61 Å². The molecule has 3 nitrogen and oxygen atoms in total. The van der Waals surface area contributed by atoms with Gasteiger partial charge in [-0.2, -0.15) is 0 Å². The van der Waals surface area contributed by atoms with Crippen LogP contribution in [-0.4, -0.2) is 25.3 Å². The van der Waals surface area contributed by atoms with E-state index in [2.05, 4.69) is 0 Å². The topological polar surface area (TPSA) is 35.5 Å². The van der Waals surface area contributed by atoms with Gasteiger partial charge in [0.25, 0.3) is 5.79 Å². The average molecular weight is 222 g/mol. The van der Waals surface area contributed by atoms with Crippen molar-refractivity contribution in [2.45, 2.75) is 26.6 Å². The highest BCUT2D eigenvalue weighted by molar-refractivity contribution is 6.03. The maximum atomic E-state index is 12.0. The smallest absolute Gasteiger partial charge is 0.254 e. The van der Waals surface area contributed by atoms with Crippen molar-refractivity contribution in [3.05, 3.63) is 35.5 Å². The Morgan fingerprint density at radius 3 is 2.69 bits per heavy atom. The molecular weight excluding hydrogens is 204 g/mol. The molecule has 1 aliphatic rings. The van der Waals surface area contributed by atoms with Crippen molar-refractivity contribution in [2.24, 2.45) is 0 Å². The van der Waals surface area contributed by atoms with Crippen molar-refractivity contribution in [1.82, 2.24) is 0 Å². The second kappa shape index (κ2) is 5.23. The van der Waals surface area contributed by atoms with Gasteiger partial charge >= 0.3 is 0 Å². The molecule has 0 bridgehead atoms. The van der Waals surface area contributed by atoms with Gasteiger partial charge < -0.3 is 9.47 Å². The van der Waals surface area contributed by atoms with E-state index in [0.717, 1.165) is 5.57 Å². The van der Waals surface area contributed by atoms with E-state index in [9.17, 15) is 4.79 Å². The first-order valence-corrected chi connectivity index (χ1v) is 5.28. The molecule has 0 radical (unpaired) electrons. The zero-order valence-corrected chi connectivity index (χ0v) is 10.2. The van der Waals surface area contributed by atoms with Gasteiger partial charge in [0.1, 0.15) is 0 Å². The predicted octanol–water partition coefficient (Wildman–Crippen LogP) is 2.40. The lowest BCUT2D eigenvalue weighted by atomic mass is 9.94. The van der Waals surface area contributed by atoms with E-state index in [1.807, 2.05) is 32.1 Å². The number of methoxy groups -OCH3 is 1. The molecule has 1 aliphatic carbocycles. The standard InChI is InChI=1S/C13H18O3/c1-5-6-7-16-13(15-4)9-10(2)8-11(3)12(13)14/h5-6,8-9H,7H2,1-4H3/b6-5+. The molecule has 0 aromatic heterocycles. The third kappa shape index (κ3) is 2.49. The van der Waals surface area contributed by atoms with Crippen molar-refractivity contribution in [1.29, 1.82) is 0 Å². The molecule has 0 spiro atoms. The molecule has 16 heavy (non-hydrogen) atoms. The van der Waals surface area contributed by atoms with Gasteiger partial charge in [-0.05, 0) is 38.0 Å². The lowest BCUT2D eigenvalue weighted by molar-refractivity contribution is -0.188. The van der Waals surface area contributed by atoms with Crippen LogP contribution in [-0.2, 0) is 14.3 Å². The summed E-state index contributed by atoms with van der Waals surface area (Å²) in [5, 5.41) is 0. The summed E-state index contributed by atoms with van der Waals surface area (Å²) >= 11 is 0. The van der Waals surface area contributed by atoms with Crippen LogP contribution < -0.4 is 0 Å². The molecule has 0 aliphatic heterocycles. The summed E-state index contributed by atoms with van der Waals surface area (Å²) in [7, 11) is 1.48. The maximum absolute atomic E-state index is 12.0. The molecule has 0 saturated carbocycles. The van der Waals surface area contributed by atoms with E-state index in [1.165, 1.54) is 7.11 Å². The van der Waals surface area contributed by atoms with Crippen molar-refractivity contribution >= 4 is 5.78 Å². The van der Waals surface area contributed by atoms with E-state index in [-0.39, 0.29) is 5.78 Å². The summed E-state index contributed by atoms with van der Waals surface area (Å²) in [6, 6.07) is 0. The number of ketones is 1. The summed E-state index contributed by atoms with van der Waals surface area (Å²) in [5.74, 6) is -1.38. The Kier molecular flexibility index (Phi) is 4.21. The second-order valence-electron chi connectivity index (χ2n) is 3.80. The van der Waals surface area contributed by atoms with Crippen LogP contribution in [0.15, 0.2) is 35.5 Å². The quantitative estimate of drug-likeness (QED) is 0.541. The van der Waals surface area contributed by atoms with Crippen LogP contribution >= 0.6 is 0 Å². The van der Waals surface area contributed by atoms with Crippen LogP contribution in [0.4, 0.5) is 0 Å². The lowest BCUT2D eigenvalue weighted by Crippen LogP contribution is -2.44. The molecule has 88 valence electrons. The van der Waals surface area contributed by atoms with Crippen LogP contribution in [0.1, 0.15) is 20.8 Å². The normalized spacial score (nSPS) is 25.9. The fourth-order valence-electron chi connectivity index (χ4n) is 1.67. The second-order valence-corrected chi connectivity index (χ2v) is 3.80. The first-order valence-electron chi connectivity index (χ1n) is 5.28. The molecule has 3 heteroatoms. The van der Waals surface area contributed by atoms with Gasteiger partial charge in [-0.1, -0.05) is 18.2 Å². The first-order chi connectivity index (χ1) is 7.55. The minimum atomic E-state index is -1.25. The number of rotatable bonds is 4. The van der Waals surface area contributed by atoms with Gasteiger partial charge in [-0.25, -0.2) is 0 Å². The van der Waals surface area contributed by atoms with Crippen LogP contribution in [0.25, 0.3) is 0 Å². The van der Waals surface area contributed by atoms with E-state index >= 15 is 0 Å². The number of hydrogen-bond acceptors (Lipinski definition) is 3. The number of allylic oxidation sites excluding steroid dienone is 3. The van der Waals surface area contributed by atoms with E-state index < -0.39 is 5.79 Å². The van der Waals surface area contributed by atoms with Gasteiger partial charge in [0.15, 0.2) is 0 Å². The fraction of sp³-hybridized carbons (Fsp3) is 0.462. The van der Waals surface area contributed by atoms with Crippen molar-refractivity contribution < 1.29 is 14.3 Å². The number of carbonyl (C=O) groups excluding carboxylic acids is 1. The van der Waals surface area contributed by atoms with Crippen LogP contribution in [0, 0.1) is 0 Å². The molecule has 1 atom stereocenters. The van der Waals surface area contributed by atoms with Crippen molar-refractivity contribution in [2.75, 3.05) is 13.7 Å². The number of carbonyl (C=O) groups is 1. The molecule has 1 unspecified atom stereocenters. The summed E-state index contributed by atoms with van der Waals surface area (Å²) in [6.07, 6.45) is 7.26. The Balaban J connectivity index is 2.95. The Hall–Kier alpha value is -1.19. The van der Waals surface area contributed by atoms with Gasteiger partial charge in [-0.3, -0.25) is 4.79 Å². The first kappa shape index (κ1) is 12.9. The number of Topliss-reactive ketones (excluding diaryl/α,β-unsaturated/α-hetero) is 1. The molecular formula is C13H18O3. The van der Waals surface area contributed by atoms with Crippen molar-refractivity contribution in [3.8, 4) is 0 Å². The predicted molar refractivity (Wildman–Crippen MR) is 63.0 cm³/mol. The maximum Gasteiger partial charge on any atom is 0.254 e. The highest BCUT2D eigenvalue weighted by atomic mass is 16.7. The highest BCUT2D eigenvalue weighted by Crippen LogP contribution is 2.27. The van der Waals surface area contributed by atoms with Gasteiger partial charge in [0, 0.05) is 7.11 Å². The number of ether oxygens (including phenoxy) is 2. The fourth-order valence-corrected chi connectivity index (χ4v) is 1.67. The molecule has 0 aromatic carbocycles. The SMILES string of the molecule is C/C=C/COC1(OC)C=C(C)C=C(C)C1=O. The minimum absolute atomic E-state index is 0.134. The summed E-state index contributed by atoms with van der Waals surface area (Å²) in [4.78, 5) is 12.0. The zero-order valence-electron chi connectivity index (χ0n) is 10.2. The Bertz CT molecular complexity index is 363. The number of hydrogen-bond donors (Lipinski definition) is 0. The van der Waals surface area contributed by atoms with Gasteiger partial charge in [0.2, 0.25) is 5.78 Å². The van der Waals surface area contributed by atoms with E-state index in [4.69, 9.17) is 9.47 Å². The van der Waals surface area contributed by atoms with Gasteiger partial charge in [-0.15, -0.1) is 0 Å². The molecule has 0 saturated heterocycles. The molecule has 0 amide bonds. The monoisotopic (exact) mass is 222 g/mol. The van der Waals surface area contributed by atoms with Crippen LogP contribution in [0.5, 0.6) is 0 Å². The Morgan fingerprint density at radius 2 is 2.12 bits per heavy atom. The minimum Gasteiger partial charge on any atom is -0.343 e. The summed E-state index contributed by atoms with van der Waals surface area (Å²) < 4.78 is 10.8. The van der Waals surface area contributed by atoms with E-state index in [0.29, 0.717) is 12.2 Å². The summed E-state index contributed by atoms with van der Waals surface area (Å²) in [6.45, 7) is 5.94. The molecule has 0 N–H and O–H groups in total. The largest absolute Gasteiger partial charge is 0.343 e. The Morgan fingerprint density at radius 1 is 1.44 bits per heavy atom. The van der Waals surface area contributed by atoms with Crippen LogP contribution in [0.2, 0.25) is 0 Å². The highest BCUT2D eigenvalue weighted by Gasteiger charge is 2.40. The molecule has 0 heterocycles. The lowest BCUT2D eigenvalue weighted by Gasteiger charge is -2.30. The van der Waals surface area contributed by atoms with Crippen LogP contribution in [0.3, 0.4) is 0 Å². The molecule has 1 rings (SSSR count). The molecule has 0 fully saturated rings. The Labute approximate surface area is 96.4 Å². The zero-order chi connectivity index (χ0) is 12.2. The summed E-state index contributed by atoms with van der Waals surface area (Å²) in [5.41, 5.74) is 1.63. The third-order valence-electron chi connectivity index (χ3n) is 2.47. The molecule has 0 aromatic rings. The third-order valence-corrected chi connectivity index (χ3v) is 2.47. The van der Waals surface area contributed by atoms with E-state index in [1.54, 1.807) is 13.0 Å². The van der Waals surface area contributed by atoms with Crippen molar-refractivity contribution in [3.63, 3.8) is 0 Å².